The Balaban J connectivity index is 1.21. The summed E-state index contributed by atoms with van der Waals surface area (Å²) in [5.41, 5.74) is 1.85. The molecule has 5 rings (SSSR count). The highest BCUT2D eigenvalue weighted by Gasteiger charge is 2.31. The maximum Gasteiger partial charge on any atom is 0.254 e. The van der Waals surface area contributed by atoms with E-state index in [9.17, 15) is 22.4 Å². The summed E-state index contributed by atoms with van der Waals surface area (Å²) in [6.07, 6.45) is 1.74. The van der Waals surface area contributed by atoms with Crippen LogP contribution in [0.1, 0.15) is 15.9 Å². The molecule has 2 aromatic carbocycles. The van der Waals surface area contributed by atoms with Gasteiger partial charge in [0.1, 0.15) is 17.7 Å². The van der Waals surface area contributed by atoms with Crippen molar-refractivity contribution in [3.05, 3.63) is 83.8 Å². The molecule has 0 aliphatic carbocycles. The summed E-state index contributed by atoms with van der Waals surface area (Å²) >= 11 is 0. The number of nitrogens with one attached hydrogen (secondary N) is 2. The standard InChI is InChI=1S/C26H26FN5O4S/c27-20-7-4-18(5-8-20)16-37(35,36)17-23-25(33)30-22-15-19(6-9-21(22)29-23)26(34)32-13-11-31(12-14-32)24-3-1-2-10-28-24/h1-10,15,23,29H,11-14,16-17H2,(H,30,33)/t23-/m0/s1. The average molecular weight is 524 g/mol. The van der Waals surface area contributed by atoms with Crippen LogP contribution in [0.3, 0.4) is 0 Å². The highest BCUT2D eigenvalue weighted by Crippen LogP contribution is 2.29. The van der Waals surface area contributed by atoms with Gasteiger partial charge in [-0.3, -0.25) is 9.59 Å². The number of hydrogen-bond acceptors (Lipinski definition) is 7. The number of carbonyl (C=O) groups excluding carboxylic acids is 2. The molecule has 0 saturated carbocycles. The number of sulfone groups is 1. The Kier molecular flexibility index (Phi) is 6.79. The van der Waals surface area contributed by atoms with Crippen molar-refractivity contribution >= 4 is 38.8 Å². The van der Waals surface area contributed by atoms with Crippen LogP contribution in [0.25, 0.3) is 0 Å². The van der Waals surface area contributed by atoms with Crippen molar-refractivity contribution < 1.29 is 22.4 Å². The summed E-state index contributed by atoms with van der Waals surface area (Å²) in [7, 11) is -3.66. The SMILES string of the molecule is O=C1Nc2cc(C(=O)N3CCN(c4ccccn4)CC3)ccc2N[C@H]1CS(=O)(=O)Cc1ccc(F)cc1. The van der Waals surface area contributed by atoms with Crippen molar-refractivity contribution in [1.29, 1.82) is 0 Å². The van der Waals surface area contributed by atoms with E-state index in [-0.39, 0.29) is 11.7 Å². The van der Waals surface area contributed by atoms with E-state index in [1.54, 1.807) is 29.3 Å². The van der Waals surface area contributed by atoms with Crippen LogP contribution in [0, 0.1) is 5.82 Å². The monoisotopic (exact) mass is 523 g/mol. The minimum absolute atomic E-state index is 0.137. The minimum Gasteiger partial charge on any atom is -0.371 e. The molecule has 1 aromatic heterocycles. The number of pyridine rings is 1. The van der Waals surface area contributed by atoms with Crippen molar-refractivity contribution in [1.82, 2.24) is 9.88 Å². The van der Waals surface area contributed by atoms with Gasteiger partial charge < -0.3 is 20.4 Å². The van der Waals surface area contributed by atoms with E-state index in [0.717, 1.165) is 5.82 Å². The fourth-order valence-electron chi connectivity index (χ4n) is 4.51. The van der Waals surface area contributed by atoms with E-state index in [1.165, 1.54) is 24.3 Å². The summed E-state index contributed by atoms with van der Waals surface area (Å²) in [5.74, 6) is -0.920. The van der Waals surface area contributed by atoms with Crippen LogP contribution >= 0.6 is 0 Å². The third-order valence-corrected chi connectivity index (χ3v) is 8.05. The number of hydrogen-bond donors (Lipinski definition) is 2. The van der Waals surface area contributed by atoms with E-state index >= 15 is 0 Å². The number of anilines is 3. The first-order valence-corrected chi connectivity index (χ1v) is 13.7. The number of rotatable bonds is 6. The van der Waals surface area contributed by atoms with Gasteiger partial charge in [-0.1, -0.05) is 18.2 Å². The lowest BCUT2D eigenvalue weighted by Gasteiger charge is -2.35. The zero-order chi connectivity index (χ0) is 26.0. The molecular formula is C26H26FN5O4S. The molecule has 2 N–H and O–H groups in total. The minimum atomic E-state index is -3.66. The molecule has 0 bridgehead atoms. The van der Waals surface area contributed by atoms with Crippen LogP contribution in [0.5, 0.6) is 0 Å². The fourth-order valence-corrected chi connectivity index (χ4v) is 6.07. The molecule has 2 aliphatic rings. The molecule has 3 heterocycles. The Morgan fingerprint density at radius 2 is 1.76 bits per heavy atom. The number of fused-ring (bicyclic) bond motifs is 1. The third kappa shape index (κ3) is 5.72. The highest BCUT2D eigenvalue weighted by atomic mass is 32.2. The molecule has 1 saturated heterocycles. The van der Waals surface area contributed by atoms with Gasteiger partial charge in [0.2, 0.25) is 5.91 Å². The molecule has 192 valence electrons. The lowest BCUT2D eigenvalue weighted by atomic mass is 10.1. The van der Waals surface area contributed by atoms with Crippen molar-refractivity contribution in [2.45, 2.75) is 11.8 Å². The average Bonchev–Trinajstić information content (AvgIpc) is 2.90. The van der Waals surface area contributed by atoms with Crippen LogP contribution in [0.4, 0.5) is 21.6 Å². The van der Waals surface area contributed by atoms with Crippen LogP contribution < -0.4 is 15.5 Å². The second-order valence-electron chi connectivity index (χ2n) is 9.09. The van der Waals surface area contributed by atoms with Crippen molar-refractivity contribution in [3.8, 4) is 0 Å². The molecule has 0 radical (unpaired) electrons. The Hall–Kier alpha value is -3.99. The first-order chi connectivity index (χ1) is 17.8. The summed E-state index contributed by atoms with van der Waals surface area (Å²) in [5, 5.41) is 5.71. The Bertz CT molecular complexity index is 1410. The van der Waals surface area contributed by atoms with E-state index in [4.69, 9.17) is 0 Å². The number of amides is 2. The molecule has 9 nitrogen and oxygen atoms in total. The number of piperazine rings is 1. The number of aromatic nitrogens is 1. The molecule has 0 unspecified atom stereocenters. The normalized spacial score (nSPS) is 17.5. The second kappa shape index (κ2) is 10.2. The summed E-state index contributed by atoms with van der Waals surface area (Å²) in [4.78, 5) is 34.1. The largest absolute Gasteiger partial charge is 0.371 e. The van der Waals surface area contributed by atoms with Gasteiger partial charge >= 0.3 is 0 Å². The highest BCUT2D eigenvalue weighted by molar-refractivity contribution is 7.90. The van der Waals surface area contributed by atoms with E-state index in [2.05, 4.69) is 20.5 Å². The number of nitrogens with zero attached hydrogens (tertiary/aromatic N) is 3. The Labute approximate surface area is 214 Å². The first-order valence-electron chi connectivity index (χ1n) is 11.9. The molecule has 2 aliphatic heterocycles. The van der Waals surface area contributed by atoms with E-state index in [0.29, 0.717) is 48.7 Å². The van der Waals surface area contributed by atoms with Crippen molar-refractivity contribution in [3.63, 3.8) is 0 Å². The quantitative estimate of drug-likeness (QED) is 0.511. The van der Waals surface area contributed by atoms with Crippen LogP contribution in [-0.2, 0) is 20.4 Å². The molecule has 1 fully saturated rings. The van der Waals surface area contributed by atoms with Crippen LogP contribution in [0.2, 0.25) is 0 Å². The van der Waals surface area contributed by atoms with Gasteiger partial charge in [0.15, 0.2) is 9.84 Å². The van der Waals surface area contributed by atoms with Gasteiger partial charge in [-0.05, 0) is 48.0 Å². The molecule has 11 heteroatoms. The van der Waals surface area contributed by atoms with Crippen molar-refractivity contribution in [2.75, 3.05) is 47.5 Å². The Morgan fingerprint density at radius 1 is 1.00 bits per heavy atom. The topological polar surface area (TPSA) is 112 Å². The van der Waals surface area contributed by atoms with Crippen LogP contribution in [0.15, 0.2) is 66.9 Å². The molecule has 37 heavy (non-hydrogen) atoms. The van der Waals surface area contributed by atoms with Crippen LogP contribution in [-0.4, -0.2) is 68.1 Å². The number of halogens is 1. The van der Waals surface area contributed by atoms with E-state index < -0.39 is 33.4 Å². The molecule has 2 amide bonds. The lowest BCUT2D eigenvalue weighted by Crippen LogP contribution is -2.49. The maximum absolute atomic E-state index is 13.1. The zero-order valence-electron chi connectivity index (χ0n) is 19.9. The molecule has 3 aromatic rings. The first kappa shape index (κ1) is 24.7. The fraction of sp³-hybridized carbons (Fsp3) is 0.269. The number of carbonyl (C=O) groups is 2. The maximum atomic E-state index is 13.1. The van der Waals surface area contributed by atoms with Gasteiger partial charge in [0.25, 0.3) is 5.91 Å². The van der Waals surface area contributed by atoms with Crippen molar-refractivity contribution in [2.24, 2.45) is 0 Å². The molecule has 1 atom stereocenters. The van der Waals surface area contributed by atoms with E-state index in [1.807, 2.05) is 18.2 Å². The smallest absolute Gasteiger partial charge is 0.254 e. The summed E-state index contributed by atoms with van der Waals surface area (Å²) < 4.78 is 38.5. The Morgan fingerprint density at radius 3 is 2.46 bits per heavy atom. The lowest BCUT2D eigenvalue weighted by molar-refractivity contribution is -0.116. The van der Waals surface area contributed by atoms with Gasteiger partial charge in [0, 0.05) is 37.9 Å². The predicted octanol–water partition coefficient (Wildman–Crippen LogP) is 2.53. The zero-order valence-corrected chi connectivity index (χ0v) is 20.7. The molecular weight excluding hydrogens is 497 g/mol. The summed E-state index contributed by atoms with van der Waals surface area (Å²) in [6, 6.07) is 14.9. The summed E-state index contributed by atoms with van der Waals surface area (Å²) in [6.45, 7) is 2.43. The van der Waals surface area contributed by atoms with Gasteiger partial charge in [-0.25, -0.2) is 17.8 Å². The number of benzene rings is 2. The van der Waals surface area contributed by atoms with Gasteiger partial charge in [-0.15, -0.1) is 0 Å². The van der Waals surface area contributed by atoms with Gasteiger partial charge in [0.05, 0.1) is 22.9 Å². The third-order valence-electron chi connectivity index (χ3n) is 6.43. The predicted molar refractivity (Wildman–Crippen MR) is 139 cm³/mol. The second-order valence-corrected chi connectivity index (χ2v) is 11.2. The van der Waals surface area contributed by atoms with Gasteiger partial charge in [-0.2, -0.15) is 0 Å². The molecule has 0 spiro atoms.